The van der Waals surface area contributed by atoms with E-state index in [1.165, 1.54) is 11.1 Å². The fraction of sp³-hybridized carbons (Fsp3) is 0.308. The van der Waals surface area contributed by atoms with Crippen molar-refractivity contribution in [2.24, 2.45) is 0 Å². The molecule has 30 heavy (non-hydrogen) atoms. The Labute approximate surface area is 178 Å². The van der Waals surface area contributed by atoms with E-state index in [1.54, 1.807) is 0 Å². The summed E-state index contributed by atoms with van der Waals surface area (Å²) < 4.78 is 0. The van der Waals surface area contributed by atoms with E-state index in [0.717, 1.165) is 29.2 Å². The van der Waals surface area contributed by atoms with Gasteiger partial charge in [0, 0.05) is 38.2 Å². The van der Waals surface area contributed by atoms with E-state index in [2.05, 4.69) is 31.2 Å². The van der Waals surface area contributed by atoms with E-state index >= 15 is 0 Å². The molecule has 0 bridgehead atoms. The van der Waals surface area contributed by atoms with Gasteiger partial charge in [-0.05, 0) is 42.2 Å². The lowest BCUT2D eigenvalue weighted by molar-refractivity contribution is -0.131. The molecule has 1 aliphatic heterocycles. The number of carbonyl (C=O) groups is 2. The van der Waals surface area contributed by atoms with Gasteiger partial charge >= 0.3 is 0 Å². The number of carbonyl (C=O) groups excluding carboxylic acids is 2. The Balaban J connectivity index is 1.38. The third-order valence-electron chi connectivity index (χ3n) is 5.90. The molecule has 0 spiro atoms. The van der Waals surface area contributed by atoms with Gasteiger partial charge in [-0.2, -0.15) is 0 Å². The minimum absolute atomic E-state index is 0.0563. The topological polar surface area (TPSA) is 40.6 Å². The second kappa shape index (κ2) is 9.12. The molecule has 0 radical (unpaired) electrons. The molecule has 1 aliphatic rings. The summed E-state index contributed by atoms with van der Waals surface area (Å²) in [7, 11) is 0. The van der Waals surface area contributed by atoms with Crippen LogP contribution in [0.2, 0.25) is 0 Å². The molecule has 1 saturated heterocycles. The van der Waals surface area contributed by atoms with Crippen LogP contribution in [0.4, 0.5) is 0 Å². The van der Waals surface area contributed by atoms with Crippen LogP contribution >= 0.6 is 0 Å². The van der Waals surface area contributed by atoms with Crippen molar-refractivity contribution in [2.45, 2.75) is 26.2 Å². The lowest BCUT2D eigenvalue weighted by Gasteiger charge is -2.23. The van der Waals surface area contributed by atoms with Gasteiger partial charge < -0.3 is 9.80 Å². The second-order valence-corrected chi connectivity index (χ2v) is 8.04. The first-order chi connectivity index (χ1) is 14.6. The molecule has 2 amide bonds. The Morgan fingerprint density at radius 2 is 1.50 bits per heavy atom. The van der Waals surface area contributed by atoms with Gasteiger partial charge in [0.05, 0.1) is 0 Å². The number of benzene rings is 3. The Bertz CT molecular complexity index is 1040. The van der Waals surface area contributed by atoms with Crippen LogP contribution in [0.3, 0.4) is 0 Å². The van der Waals surface area contributed by atoms with Crippen molar-refractivity contribution in [1.82, 2.24) is 9.80 Å². The number of nitrogens with zero attached hydrogens (tertiary/aromatic N) is 2. The maximum Gasteiger partial charge on any atom is 0.254 e. The summed E-state index contributed by atoms with van der Waals surface area (Å²) in [5, 5.41) is 2.06. The summed E-state index contributed by atoms with van der Waals surface area (Å²) in [6.45, 7) is 4.65. The first-order valence-electron chi connectivity index (χ1n) is 10.7. The molecule has 0 N–H and O–H groups in total. The van der Waals surface area contributed by atoms with Gasteiger partial charge in [-0.15, -0.1) is 0 Å². The van der Waals surface area contributed by atoms with Crippen LogP contribution in [0, 0.1) is 6.92 Å². The molecule has 154 valence electrons. The average Bonchev–Trinajstić information content (AvgIpc) is 3.04. The highest BCUT2D eigenvalue weighted by Gasteiger charge is 2.23. The van der Waals surface area contributed by atoms with Gasteiger partial charge in [-0.3, -0.25) is 9.59 Å². The van der Waals surface area contributed by atoms with Crippen LogP contribution in [-0.2, 0) is 11.2 Å². The predicted octanol–water partition coefficient (Wildman–Crippen LogP) is 4.46. The first kappa shape index (κ1) is 20.1. The highest BCUT2D eigenvalue weighted by Crippen LogP contribution is 2.21. The number of hydrogen-bond acceptors (Lipinski definition) is 2. The Morgan fingerprint density at radius 3 is 2.33 bits per heavy atom. The summed E-state index contributed by atoms with van der Waals surface area (Å²) in [4.78, 5) is 29.8. The van der Waals surface area contributed by atoms with Gasteiger partial charge in [-0.25, -0.2) is 0 Å². The van der Waals surface area contributed by atoms with E-state index in [4.69, 9.17) is 0 Å². The summed E-state index contributed by atoms with van der Waals surface area (Å²) in [6, 6.07) is 22.2. The minimum Gasteiger partial charge on any atom is -0.341 e. The molecule has 0 atom stereocenters. The van der Waals surface area contributed by atoms with Crippen LogP contribution < -0.4 is 0 Å². The molecule has 1 fully saturated rings. The number of fused-ring (bicyclic) bond motifs is 1. The lowest BCUT2D eigenvalue weighted by atomic mass is 10.0. The van der Waals surface area contributed by atoms with Crippen LogP contribution in [0.25, 0.3) is 10.8 Å². The predicted molar refractivity (Wildman–Crippen MR) is 121 cm³/mol. The Kier molecular flexibility index (Phi) is 6.12. The summed E-state index contributed by atoms with van der Waals surface area (Å²) in [6.07, 6.45) is 2.08. The summed E-state index contributed by atoms with van der Waals surface area (Å²) in [5.74, 6) is 0.232. The van der Waals surface area contributed by atoms with Gasteiger partial charge in [0.25, 0.3) is 5.91 Å². The smallest absolute Gasteiger partial charge is 0.254 e. The minimum atomic E-state index is 0.0563. The number of hydrogen-bond donors (Lipinski definition) is 0. The highest BCUT2D eigenvalue weighted by molar-refractivity contribution is 6.07. The molecular weight excluding hydrogens is 372 g/mol. The molecule has 3 aromatic rings. The van der Waals surface area contributed by atoms with Gasteiger partial charge in [-0.1, -0.05) is 66.2 Å². The molecule has 0 saturated carbocycles. The first-order valence-corrected chi connectivity index (χ1v) is 10.7. The summed E-state index contributed by atoms with van der Waals surface area (Å²) >= 11 is 0. The fourth-order valence-corrected chi connectivity index (χ4v) is 4.12. The van der Waals surface area contributed by atoms with E-state index < -0.39 is 0 Å². The maximum atomic E-state index is 13.2. The van der Waals surface area contributed by atoms with Gasteiger partial charge in [0.2, 0.25) is 5.91 Å². The molecule has 4 rings (SSSR count). The average molecular weight is 401 g/mol. The standard InChI is InChI=1S/C26H28N2O2/c1-20-10-12-21(13-11-20)14-15-25(29)27-16-5-17-28(19-18-27)26(30)24-9-4-7-22-6-2-3-8-23(22)24/h2-4,6-13H,5,14-19H2,1H3. The monoisotopic (exact) mass is 400 g/mol. The number of aryl methyl sites for hydroxylation is 2. The van der Waals surface area contributed by atoms with Crippen LogP contribution in [0.15, 0.2) is 66.7 Å². The van der Waals surface area contributed by atoms with Crippen molar-refractivity contribution in [2.75, 3.05) is 26.2 Å². The Morgan fingerprint density at radius 1 is 0.800 bits per heavy atom. The molecular formula is C26H28N2O2. The van der Waals surface area contributed by atoms with E-state index in [0.29, 0.717) is 32.6 Å². The quantitative estimate of drug-likeness (QED) is 0.649. The Hall–Kier alpha value is -3.14. The van der Waals surface area contributed by atoms with Crippen LogP contribution in [0.1, 0.15) is 34.3 Å². The summed E-state index contributed by atoms with van der Waals surface area (Å²) in [5.41, 5.74) is 3.16. The van der Waals surface area contributed by atoms with E-state index in [1.807, 2.05) is 52.3 Å². The molecule has 3 aromatic carbocycles. The maximum absolute atomic E-state index is 13.2. The molecule has 1 heterocycles. The van der Waals surface area contributed by atoms with Crippen LogP contribution in [0.5, 0.6) is 0 Å². The third-order valence-corrected chi connectivity index (χ3v) is 5.90. The second-order valence-electron chi connectivity index (χ2n) is 8.04. The zero-order chi connectivity index (χ0) is 20.9. The van der Waals surface area contributed by atoms with E-state index in [9.17, 15) is 9.59 Å². The number of rotatable bonds is 4. The van der Waals surface area contributed by atoms with Crippen LogP contribution in [-0.4, -0.2) is 47.8 Å². The lowest BCUT2D eigenvalue weighted by Crippen LogP contribution is -2.37. The number of amides is 2. The molecule has 0 aromatic heterocycles. The zero-order valence-corrected chi connectivity index (χ0v) is 17.5. The normalized spacial score (nSPS) is 14.6. The SMILES string of the molecule is Cc1ccc(CCC(=O)N2CCCN(C(=O)c3cccc4ccccc34)CC2)cc1. The van der Waals surface area contributed by atoms with Crippen molar-refractivity contribution in [3.63, 3.8) is 0 Å². The highest BCUT2D eigenvalue weighted by atomic mass is 16.2. The zero-order valence-electron chi connectivity index (χ0n) is 17.5. The van der Waals surface area contributed by atoms with E-state index in [-0.39, 0.29) is 11.8 Å². The van der Waals surface area contributed by atoms with Crippen molar-refractivity contribution in [1.29, 1.82) is 0 Å². The largest absolute Gasteiger partial charge is 0.341 e. The van der Waals surface area contributed by atoms with Crippen molar-refractivity contribution in [3.05, 3.63) is 83.4 Å². The van der Waals surface area contributed by atoms with Crippen molar-refractivity contribution >= 4 is 22.6 Å². The molecule has 0 aliphatic carbocycles. The molecule has 0 unspecified atom stereocenters. The van der Waals surface area contributed by atoms with Crippen molar-refractivity contribution in [3.8, 4) is 0 Å². The van der Waals surface area contributed by atoms with Crippen molar-refractivity contribution < 1.29 is 9.59 Å². The third kappa shape index (κ3) is 4.54. The molecule has 4 heteroatoms. The fourth-order valence-electron chi connectivity index (χ4n) is 4.12. The van der Waals surface area contributed by atoms with Gasteiger partial charge in [0.1, 0.15) is 0 Å². The molecule has 4 nitrogen and oxygen atoms in total. The van der Waals surface area contributed by atoms with Gasteiger partial charge in [0.15, 0.2) is 0 Å².